The Morgan fingerprint density at radius 1 is 1.13 bits per heavy atom. The summed E-state index contributed by atoms with van der Waals surface area (Å²) in [5.74, 6) is 0.678. The lowest BCUT2D eigenvalue weighted by Crippen LogP contribution is -2.41. The van der Waals surface area contributed by atoms with Crippen molar-refractivity contribution in [1.29, 1.82) is 0 Å². The van der Waals surface area contributed by atoms with E-state index in [9.17, 15) is 8.42 Å². The van der Waals surface area contributed by atoms with Crippen molar-refractivity contribution in [3.63, 3.8) is 0 Å². The molecule has 0 fully saturated rings. The van der Waals surface area contributed by atoms with E-state index in [2.05, 4.69) is 27.3 Å². The van der Waals surface area contributed by atoms with E-state index in [4.69, 9.17) is 0 Å². The molecule has 1 aromatic rings. The van der Waals surface area contributed by atoms with E-state index in [0.717, 1.165) is 31.5 Å². The fraction of sp³-hybridized carbons (Fsp3) is 0.562. The first-order valence-corrected chi connectivity index (χ1v) is 9.76. The van der Waals surface area contributed by atoms with Gasteiger partial charge in [-0.15, -0.1) is 0 Å². The van der Waals surface area contributed by atoms with Gasteiger partial charge in [0.1, 0.15) is 0 Å². The van der Waals surface area contributed by atoms with Crippen molar-refractivity contribution in [1.82, 2.24) is 15.4 Å². The predicted molar refractivity (Wildman–Crippen MR) is 96.0 cm³/mol. The third kappa shape index (κ3) is 9.20. The molecule has 130 valence electrons. The van der Waals surface area contributed by atoms with Crippen LogP contribution in [0.2, 0.25) is 0 Å². The topological polar surface area (TPSA) is 82.6 Å². The van der Waals surface area contributed by atoms with Crippen LogP contribution in [0.15, 0.2) is 35.3 Å². The van der Waals surface area contributed by atoms with Crippen molar-refractivity contribution in [2.75, 3.05) is 25.4 Å². The summed E-state index contributed by atoms with van der Waals surface area (Å²) in [5.41, 5.74) is 0.943. The van der Waals surface area contributed by atoms with Crippen molar-refractivity contribution in [3.8, 4) is 0 Å². The lowest BCUT2D eigenvalue weighted by atomic mass is 10.2. The van der Waals surface area contributed by atoms with Gasteiger partial charge in [0.25, 0.3) is 0 Å². The number of aliphatic imine (C=N–C) groups is 1. The van der Waals surface area contributed by atoms with Crippen molar-refractivity contribution in [2.24, 2.45) is 4.99 Å². The summed E-state index contributed by atoms with van der Waals surface area (Å²) in [4.78, 5) is 4.40. The second-order valence-corrected chi connectivity index (χ2v) is 7.09. The Labute approximate surface area is 139 Å². The Balaban J connectivity index is 2.37. The zero-order chi connectivity index (χ0) is 17.0. The Hall–Kier alpha value is -1.60. The molecule has 23 heavy (non-hydrogen) atoms. The first-order chi connectivity index (χ1) is 11.1. The molecule has 3 N–H and O–H groups in total. The molecule has 0 aliphatic carbocycles. The maximum Gasteiger partial charge on any atom is 0.213 e. The minimum Gasteiger partial charge on any atom is -0.357 e. The summed E-state index contributed by atoms with van der Waals surface area (Å²) >= 11 is 0. The number of hydrogen-bond donors (Lipinski definition) is 3. The van der Waals surface area contributed by atoms with Crippen molar-refractivity contribution in [3.05, 3.63) is 35.9 Å². The van der Waals surface area contributed by atoms with Gasteiger partial charge in [0.15, 0.2) is 5.96 Å². The van der Waals surface area contributed by atoms with Gasteiger partial charge in [0.2, 0.25) is 10.0 Å². The summed E-state index contributed by atoms with van der Waals surface area (Å²) in [7, 11) is -3.31. The molecule has 0 saturated heterocycles. The Bertz CT molecular complexity index is 559. The molecule has 0 aromatic heterocycles. The molecule has 0 aliphatic rings. The van der Waals surface area contributed by atoms with Crippen LogP contribution in [0, 0.1) is 0 Å². The maximum absolute atomic E-state index is 12.0. The molecule has 0 atom stereocenters. The van der Waals surface area contributed by atoms with Crippen LogP contribution in [0.4, 0.5) is 0 Å². The van der Waals surface area contributed by atoms with Gasteiger partial charge >= 0.3 is 0 Å². The Morgan fingerprint density at radius 3 is 2.52 bits per heavy atom. The first kappa shape index (κ1) is 19.4. The number of sulfonamides is 1. The highest BCUT2D eigenvalue weighted by Crippen LogP contribution is 1.98. The second kappa shape index (κ2) is 11.0. The SMILES string of the molecule is CCCCN=C(NCC)NCCS(=O)(=O)NCc1ccccc1. The zero-order valence-electron chi connectivity index (χ0n) is 14.0. The zero-order valence-corrected chi connectivity index (χ0v) is 14.8. The van der Waals surface area contributed by atoms with Crippen molar-refractivity contribution >= 4 is 16.0 Å². The molecule has 1 aromatic carbocycles. The molecular formula is C16H28N4O2S. The number of unbranched alkanes of at least 4 members (excludes halogenated alkanes) is 1. The van der Waals surface area contributed by atoms with E-state index in [-0.39, 0.29) is 5.75 Å². The molecule has 0 bridgehead atoms. The number of rotatable bonds is 10. The van der Waals surface area contributed by atoms with Crippen LogP contribution in [0.3, 0.4) is 0 Å². The molecule has 6 nitrogen and oxygen atoms in total. The standard InChI is InChI=1S/C16H28N4O2S/c1-3-5-11-18-16(17-4-2)19-12-13-23(21,22)20-14-15-9-7-6-8-10-15/h6-10,20H,3-5,11-14H2,1-2H3,(H2,17,18,19). The van der Waals surface area contributed by atoms with Gasteiger partial charge in [-0.25, -0.2) is 13.1 Å². The fourth-order valence-electron chi connectivity index (χ4n) is 1.86. The van der Waals surface area contributed by atoms with E-state index in [1.165, 1.54) is 0 Å². The van der Waals surface area contributed by atoms with Crippen LogP contribution < -0.4 is 15.4 Å². The molecule has 0 spiro atoms. The normalized spacial score (nSPS) is 12.2. The summed E-state index contributed by atoms with van der Waals surface area (Å²) in [6.07, 6.45) is 2.11. The Morgan fingerprint density at radius 2 is 1.87 bits per heavy atom. The van der Waals surface area contributed by atoms with Crippen LogP contribution in [-0.4, -0.2) is 39.8 Å². The minimum absolute atomic E-state index is 0.0119. The number of nitrogens with one attached hydrogen (secondary N) is 3. The van der Waals surface area contributed by atoms with Crippen LogP contribution in [-0.2, 0) is 16.6 Å². The smallest absolute Gasteiger partial charge is 0.213 e. The van der Waals surface area contributed by atoms with Crippen LogP contribution >= 0.6 is 0 Å². The van der Waals surface area contributed by atoms with Crippen LogP contribution in [0.1, 0.15) is 32.3 Å². The average molecular weight is 340 g/mol. The molecule has 0 radical (unpaired) electrons. The molecule has 0 amide bonds. The number of nitrogens with zero attached hydrogens (tertiary/aromatic N) is 1. The predicted octanol–water partition coefficient (Wildman–Crippen LogP) is 1.46. The van der Waals surface area contributed by atoms with E-state index in [1.807, 2.05) is 37.3 Å². The van der Waals surface area contributed by atoms with Gasteiger partial charge in [-0.2, -0.15) is 0 Å². The van der Waals surface area contributed by atoms with Crippen LogP contribution in [0.25, 0.3) is 0 Å². The highest BCUT2D eigenvalue weighted by atomic mass is 32.2. The molecule has 0 aliphatic heterocycles. The number of hydrogen-bond acceptors (Lipinski definition) is 3. The summed E-state index contributed by atoms with van der Waals surface area (Å²) in [5, 5.41) is 6.16. The van der Waals surface area contributed by atoms with Crippen molar-refractivity contribution in [2.45, 2.75) is 33.2 Å². The van der Waals surface area contributed by atoms with Gasteiger partial charge in [0.05, 0.1) is 5.75 Å². The lowest BCUT2D eigenvalue weighted by Gasteiger charge is -2.12. The highest BCUT2D eigenvalue weighted by Gasteiger charge is 2.10. The number of benzene rings is 1. The molecule has 0 saturated carbocycles. The van der Waals surface area contributed by atoms with Gasteiger partial charge in [0, 0.05) is 26.2 Å². The van der Waals surface area contributed by atoms with Crippen molar-refractivity contribution < 1.29 is 8.42 Å². The maximum atomic E-state index is 12.0. The summed E-state index contributed by atoms with van der Waals surface area (Å²) < 4.78 is 26.6. The monoisotopic (exact) mass is 340 g/mol. The van der Waals surface area contributed by atoms with Gasteiger partial charge < -0.3 is 10.6 Å². The van der Waals surface area contributed by atoms with Gasteiger partial charge in [-0.05, 0) is 18.9 Å². The number of guanidine groups is 1. The third-order valence-corrected chi connectivity index (χ3v) is 4.45. The molecular weight excluding hydrogens is 312 g/mol. The first-order valence-electron chi connectivity index (χ1n) is 8.11. The quantitative estimate of drug-likeness (QED) is 0.342. The molecule has 0 heterocycles. The molecule has 1 rings (SSSR count). The minimum atomic E-state index is -3.31. The second-order valence-electron chi connectivity index (χ2n) is 5.17. The lowest BCUT2D eigenvalue weighted by molar-refractivity contribution is 0.580. The van der Waals surface area contributed by atoms with E-state index in [1.54, 1.807) is 0 Å². The van der Waals surface area contributed by atoms with Crippen LogP contribution in [0.5, 0.6) is 0 Å². The van der Waals surface area contributed by atoms with Gasteiger partial charge in [-0.3, -0.25) is 4.99 Å². The fourth-order valence-corrected chi connectivity index (χ4v) is 2.76. The molecule has 7 heteroatoms. The third-order valence-electron chi connectivity index (χ3n) is 3.13. The Kier molecular flexibility index (Phi) is 9.31. The van der Waals surface area contributed by atoms with Gasteiger partial charge in [-0.1, -0.05) is 43.7 Å². The molecule has 0 unspecified atom stereocenters. The average Bonchev–Trinajstić information content (AvgIpc) is 2.54. The summed E-state index contributed by atoms with van der Waals surface area (Å²) in [6.45, 7) is 6.22. The highest BCUT2D eigenvalue weighted by molar-refractivity contribution is 7.89. The van der Waals surface area contributed by atoms with E-state index >= 15 is 0 Å². The van der Waals surface area contributed by atoms with E-state index in [0.29, 0.717) is 19.0 Å². The summed E-state index contributed by atoms with van der Waals surface area (Å²) in [6, 6.07) is 9.47. The largest absolute Gasteiger partial charge is 0.357 e. The van der Waals surface area contributed by atoms with E-state index < -0.39 is 10.0 Å².